The molecule has 12 heteroatoms. The maximum absolute atomic E-state index is 14.9. The second kappa shape index (κ2) is 15.5. The normalized spacial score (nSPS) is 23.1. The highest BCUT2D eigenvalue weighted by atomic mass is 35.5. The summed E-state index contributed by atoms with van der Waals surface area (Å²) in [6.07, 6.45) is 7.41. The van der Waals surface area contributed by atoms with Crippen molar-refractivity contribution < 1.29 is 28.6 Å². The number of ketones is 1. The zero-order valence-electron chi connectivity index (χ0n) is 28.5. The second-order valence-corrected chi connectivity index (χ2v) is 14.1. The number of nitrogens with one attached hydrogen (secondary N) is 1. The number of nitrogens with zero attached hydrogens (tertiary/aromatic N) is 3. The van der Waals surface area contributed by atoms with Crippen LogP contribution in [0.3, 0.4) is 0 Å². The molecular weight excluding hydrogens is 667 g/mol. The predicted molar refractivity (Wildman–Crippen MR) is 190 cm³/mol. The number of Topliss-reactive ketones (excluding diaryl/α,β-unsaturated/α-hetero) is 1. The Morgan fingerprint density at radius 1 is 0.959 bits per heavy atom. The number of benzene rings is 2. The number of halogens is 2. The Morgan fingerprint density at radius 2 is 1.69 bits per heavy atom. The number of hydrogen-bond donors (Lipinski definition) is 1. The number of ether oxygens (including phenoxy) is 3. The number of amides is 1. The summed E-state index contributed by atoms with van der Waals surface area (Å²) in [7, 11) is 3.57. The Kier molecular flexibility index (Phi) is 11.3. The molecule has 0 spiro atoms. The predicted octanol–water partition coefficient (Wildman–Crippen LogP) is 6.81. The third-order valence-electron chi connectivity index (χ3n) is 10.3. The van der Waals surface area contributed by atoms with Crippen molar-refractivity contribution >= 4 is 57.5 Å². The molecule has 49 heavy (non-hydrogen) atoms. The Balaban J connectivity index is 1.27. The Hall–Kier alpha value is -2.99. The van der Waals surface area contributed by atoms with Gasteiger partial charge in [-0.05, 0) is 82.1 Å². The van der Waals surface area contributed by atoms with Crippen LogP contribution in [0.1, 0.15) is 74.2 Å². The molecule has 1 N–H and O–H groups in total. The molecule has 1 saturated carbocycles. The monoisotopic (exact) mass is 712 g/mol. The van der Waals surface area contributed by atoms with Gasteiger partial charge in [-0.15, -0.1) is 0 Å². The highest BCUT2D eigenvalue weighted by Gasteiger charge is 2.55. The van der Waals surface area contributed by atoms with Gasteiger partial charge in [-0.25, -0.2) is 4.90 Å². The van der Waals surface area contributed by atoms with Crippen molar-refractivity contribution in [2.24, 2.45) is 13.0 Å². The number of likely N-dealkylation sites (tertiary alicyclic amines) is 2. The van der Waals surface area contributed by atoms with E-state index in [0.29, 0.717) is 73.8 Å². The summed E-state index contributed by atoms with van der Waals surface area (Å²) in [6.45, 7) is 4.25. The van der Waals surface area contributed by atoms with Gasteiger partial charge in [-0.1, -0.05) is 41.4 Å². The van der Waals surface area contributed by atoms with Crippen molar-refractivity contribution in [3.8, 4) is 0 Å². The summed E-state index contributed by atoms with van der Waals surface area (Å²) in [4.78, 5) is 45.0. The molecule has 10 nitrogen and oxygen atoms in total. The Morgan fingerprint density at radius 3 is 2.41 bits per heavy atom. The maximum atomic E-state index is 14.9. The van der Waals surface area contributed by atoms with Gasteiger partial charge in [-0.2, -0.15) is 0 Å². The van der Waals surface area contributed by atoms with Gasteiger partial charge in [0.2, 0.25) is 5.85 Å². The van der Waals surface area contributed by atoms with E-state index in [0.717, 1.165) is 36.6 Å². The molecule has 2 unspecified atom stereocenters. The van der Waals surface area contributed by atoms with Crippen molar-refractivity contribution in [1.82, 2.24) is 14.4 Å². The van der Waals surface area contributed by atoms with Crippen LogP contribution in [0.25, 0.3) is 10.9 Å². The lowest BCUT2D eigenvalue weighted by atomic mass is 9.87. The first-order chi connectivity index (χ1) is 23.7. The topological polar surface area (TPSA) is 102 Å². The van der Waals surface area contributed by atoms with E-state index >= 15 is 0 Å². The summed E-state index contributed by atoms with van der Waals surface area (Å²) >= 11 is 13.6. The first-order valence-electron chi connectivity index (χ1n) is 17.4. The number of hydrogen-bond acceptors (Lipinski definition) is 8. The molecule has 264 valence electrons. The number of carbonyl (C=O) groups excluding carboxylic acids is 3. The van der Waals surface area contributed by atoms with Crippen LogP contribution in [-0.2, 0) is 37.3 Å². The van der Waals surface area contributed by atoms with Crippen molar-refractivity contribution in [2.75, 3.05) is 38.7 Å². The van der Waals surface area contributed by atoms with E-state index in [1.807, 2.05) is 42.8 Å². The molecule has 1 aromatic heterocycles. The van der Waals surface area contributed by atoms with Crippen LogP contribution in [0.5, 0.6) is 0 Å². The maximum Gasteiger partial charge on any atom is 0.308 e. The minimum absolute atomic E-state index is 0.0301. The molecule has 2 aromatic carbocycles. The summed E-state index contributed by atoms with van der Waals surface area (Å²) in [5.74, 6) is -2.14. The number of anilines is 1. The molecule has 3 aliphatic rings. The number of para-hydroxylation sites is 1. The number of methoxy groups -OCH3 is 1. The molecule has 2 atom stereocenters. The summed E-state index contributed by atoms with van der Waals surface area (Å²) in [5.41, 5.74) is 2.37. The van der Waals surface area contributed by atoms with E-state index in [4.69, 9.17) is 37.4 Å². The molecule has 2 saturated heterocycles. The fourth-order valence-corrected chi connectivity index (χ4v) is 8.27. The van der Waals surface area contributed by atoms with Crippen LogP contribution in [0.15, 0.2) is 42.6 Å². The van der Waals surface area contributed by atoms with Crippen molar-refractivity contribution in [3.05, 3.63) is 63.8 Å². The van der Waals surface area contributed by atoms with Gasteiger partial charge in [-0.3, -0.25) is 19.3 Å². The minimum Gasteiger partial charge on any atom is -0.466 e. The van der Waals surface area contributed by atoms with Crippen molar-refractivity contribution in [3.63, 3.8) is 0 Å². The van der Waals surface area contributed by atoms with E-state index in [-0.39, 0.29) is 47.4 Å². The van der Waals surface area contributed by atoms with E-state index in [9.17, 15) is 14.4 Å². The zero-order chi connectivity index (χ0) is 34.7. The Bertz CT molecular complexity index is 1680. The van der Waals surface area contributed by atoms with E-state index in [1.165, 1.54) is 0 Å². The summed E-state index contributed by atoms with van der Waals surface area (Å²) in [6, 6.07) is 11.0. The van der Waals surface area contributed by atoms with Gasteiger partial charge in [0.25, 0.3) is 5.91 Å². The highest BCUT2D eigenvalue weighted by Crippen LogP contribution is 2.40. The van der Waals surface area contributed by atoms with Gasteiger partial charge in [0.05, 0.1) is 34.9 Å². The number of aryl methyl sites for hydroxylation is 1. The van der Waals surface area contributed by atoms with Crippen LogP contribution in [-0.4, -0.2) is 83.6 Å². The largest absolute Gasteiger partial charge is 0.466 e. The molecule has 2 aliphatic heterocycles. The van der Waals surface area contributed by atoms with Gasteiger partial charge in [0, 0.05) is 62.3 Å². The van der Waals surface area contributed by atoms with Crippen LogP contribution in [0, 0.1) is 5.92 Å². The quantitative estimate of drug-likeness (QED) is 0.205. The molecule has 6 rings (SSSR count). The molecule has 0 bridgehead atoms. The number of rotatable bonds is 12. The average Bonchev–Trinajstić information content (AvgIpc) is 3.88. The van der Waals surface area contributed by atoms with Crippen LogP contribution < -0.4 is 5.32 Å². The fourth-order valence-electron chi connectivity index (χ4n) is 7.80. The summed E-state index contributed by atoms with van der Waals surface area (Å²) < 4.78 is 20.2. The van der Waals surface area contributed by atoms with E-state index in [2.05, 4.69) is 15.1 Å². The highest BCUT2D eigenvalue weighted by molar-refractivity contribution is 6.36. The molecule has 1 aliphatic carbocycles. The van der Waals surface area contributed by atoms with Crippen LogP contribution in [0.4, 0.5) is 5.69 Å². The van der Waals surface area contributed by atoms with Gasteiger partial charge in [0.1, 0.15) is 6.23 Å². The standard InChI is InChI=1S/C37H46Cl2N4O6/c1-4-48-36(46)24-13-15-26(16-14-24)49-37(42-17-7-8-18-42,43-19-9-12-34(43)47-3)33(44)21-25-20-30(39)31(22-29(25)38)40-35(45)28-23-41(2)32-11-6-5-10-27(28)32/h5-6,10-11,20,22-24,26,34H,4,7-9,12-19,21H2,1-3H3,(H,40,45). The molecule has 0 radical (unpaired) electrons. The average molecular weight is 714 g/mol. The minimum atomic E-state index is -1.37. The van der Waals surface area contributed by atoms with E-state index in [1.54, 1.807) is 25.4 Å². The fraction of sp³-hybridized carbons (Fsp3) is 0.541. The third kappa shape index (κ3) is 7.27. The molecule has 3 aromatic rings. The SMILES string of the molecule is CCOC(=O)C1CCC(OC(C(=O)Cc2cc(Cl)c(NC(=O)c3cn(C)c4ccccc34)cc2Cl)(N2CCCC2)N2CCCC2OC)CC1. The van der Waals surface area contributed by atoms with Gasteiger partial charge in [0.15, 0.2) is 5.78 Å². The molecule has 3 heterocycles. The molecule has 1 amide bonds. The first-order valence-corrected chi connectivity index (χ1v) is 18.2. The number of carbonyl (C=O) groups is 3. The first kappa shape index (κ1) is 35.8. The lowest BCUT2D eigenvalue weighted by Gasteiger charge is -2.50. The van der Waals surface area contributed by atoms with Crippen molar-refractivity contribution in [2.45, 2.75) is 82.9 Å². The number of aromatic nitrogens is 1. The van der Waals surface area contributed by atoms with Crippen molar-refractivity contribution in [1.29, 1.82) is 0 Å². The van der Waals surface area contributed by atoms with Crippen LogP contribution in [0.2, 0.25) is 10.0 Å². The lowest BCUT2D eigenvalue weighted by molar-refractivity contribution is -0.276. The van der Waals surface area contributed by atoms with Gasteiger partial charge < -0.3 is 24.1 Å². The zero-order valence-corrected chi connectivity index (χ0v) is 30.0. The third-order valence-corrected chi connectivity index (χ3v) is 10.9. The second-order valence-electron chi connectivity index (χ2n) is 13.3. The molecule has 3 fully saturated rings. The number of esters is 1. The smallest absolute Gasteiger partial charge is 0.308 e. The Labute approximate surface area is 297 Å². The molecular formula is C37H46Cl2N4O6. The van der Waals surface area contributed by atoms with E-state index < -0.39 is 5.85 Å². The summed E-state index contributed by atoms with van der Waals surface area (Å²) in [5, 5.41) is 4.35. The lowest BCUT2D eigenvalue weighted by Crippen LogP contribution is -2.69. The van der Waals surface area contributed by atoms with Crippen LogP contribution >= 0.6 is 23.2 Å². The number of fused-ring (bicyclic) bond motifs is 1. The van der Waals surface area contributed by atoms with Gasteiger partial charge >= 0.3 is 5.97 Å².